The molecule has 0 spiro atoms. The van der Waals surface area contributed by atoms with Gasteiger partial charge in [-0.1, -0.05) is 0 Å². The van der Waals surface area contributed by atoms with Gasteiger partial charge in [-0.3, -0.25) is 4.90 Å². The lowest BCUT2D eigenvalue weighted by Gasteiger charge is -2.32. The van der Waals surface area contributed by atoms with Gasteiger partial charge in [0, 0.05) is 19.1 Å². The Kier molecular flexibility index (Phi) is 5.65. The Morgan fingerprint density at radius 2 is 1.71 bits per heavy atom. The van der Waals surface area contributed by atoms with Crippen LogP contribution in [-0.2, 0) is 6.54 Å². The van der Waals surface area contributed by atoms with E-state index < -0.39 is 17.5 Å². The lowest BCUT2D eigenvalue weighted by atomic mass is 9.96. The van der Waals surface area contributed by atoms with Crippen LogP contribution in [0.1, 0.15) is 32.3 Å². The van der Waals surface area contributed by atoms with Crippen LogP contribution in [0.2, 0.25) is 0 Å². The Hall–Kier alpha value is -1.07. The van der Waals surface area contributed by atoms with Crippen LogP contribution in [0.4, 0.5) is 13.2 Å². The summed E-state index contributed by atoms with van der Waals surface area (Å²) in [5.74, 6) is -3.02. The molecule has 118 valence electrons. The third-order valence-corrected chi connectivity index (χ3v) is 4.11. The van der Waals surface area contributed by atoms with Gasteiger partial charge in [-0.2, -0.15) is 0 Å². The highest BCUT2D eigenvalue weighted by atomic mass is 19.2. The highest BCUT2D eigenvalue weighted by Crippen LogP contribution is 2.19. The zero-order valence-corrected chi connectivity index (χ0v) is 12.6. The molecular formula is C16H23F3N2. The quantitative estimate of drug-likeness (QED) is 0.839. The van der Waals surface area contributed by atoms with Gasteiger partial charge >= 0.3 is 0 Å². The summed E-state index contributed by atoms with van der Waals surface area (Å²) in [5.41, 5.74) is 0.481. The zero-order valence-electron chi connectivity index (χ0n) is 12.6. The van der Waals surface area contributed by atoms with Crippen molar-refractivity contribution in [3.8, 4) is 0 Å². The van der Waals surface area contributed by atoms with E-state index in [2.05, 4.69) is 24.1 Å². The minimum atomic E-state index is -1.40. The zero-order chi connectivity index (χ0) is 15.4. The van der Waals surface area contributed by atoms with Crippen molar-refractivity contribution in [2.24, 2.45) is 5.92 Å². The van der Waals surface area contributed by atoms with Crippen LogP contribution < -0.4 is 5.32 Å². The lowest BCUT2D eigenvalue weighted by molar-refractivity contribution is 0.161. The number of hydrogen-bond donors (Lipinski definition) is 1. The molecule has 0 amide bonds. The third-order valence-electron chi connectivity index (χ3n) is 4.11. The molecule has 1 saturated heterocycles. The molecule has 0 atom stereocenters. The van der Waals surface area contributed by atoms with Crippen molar-refractivity contribution in [1.82, 2.24) is 10.2 Å². The van der Waals surface area contributed by atoms with Crippen LogP contribution in [0.25, 0.3) is 0 Å². The van der Waals surface area contributed by atoms with E-state index in [4.69, 9.17) is 0 Å². The van der Waals surface area contributed by atoms with Gasteiger partial charge < -0.3 is 5.32 Å². The maximum atomic E-state index is 13.3. The summed E-state index contributed by atoms with van der Waals surface area (Å²) in [6.07, 6.45) is 2.24. The predicted octanol–water partition coefficient (Wildman–Crippen LogP) is 3.31. The highest BCUT2D eigenvalue weighted by Gasteiger charge is 2.20. The van der Waals surface area contributed by atoms with Crippen LogP contribution in [-0.4, -0.2) is 30.6 Å². The van der Waals surface area contributed by atoms with Crippen LogP contribution in [0.5, 0.6) is 0 Å². The largest absolute Gasteiger partial charge is 0.317 e. The fraction of sp³-hybridized carbons (Fsp3) is 0.625. The van der Waals surface area contributed by atoms with Crippen LogP contribution in [0, 0.1) is 23.4 Å². The smallest absolute Gasteiger partial charge is 0.194 e. The second-order valence-corrected chi connectivity index (χ2v) is 6.09. The van der Waals surface area contributed by atoms with Gasteiger partial charge in [-0.25, -0.2) is 13.2 Å². The van der Waals surface area contributed by atoms with E-state index >= 15 is 0 Å². The number of halogens is 3. The summed E-state index contributed by atoms with van der Waals surface area (Å²) in [5, 5.41) is 3.33. The third kappa shape index (κ3) is 4.45. The van der Waals surface area contributed by atoms with Gasteiger partial charge in [0.1, 0.15) is 0 Å². The van der Waals surface area contributed by atoms with Gasteiger partial charge in [0.05, 0.1) is 0 Å². The molecule has 21 heavy (non-hydrogen) atoms. The standard InChI is InChI=1S/C16H23F3N2/c1-11(2)21(9-12-3-5-20-6-4-12)10-13-7-14(17)16(19)15(18)8-13/h7-8,11-12,20H,3-6,9-10H2,1-2H3. The van der Waals surface area contributed by atoms with Gasteiger partial charge in [0.2, 0.25) is 0 Å². The first-order valence-corrected chi connectivity index (χ1v) is 7.55. The number of piperidine rings is 1. The maximum absolute atomic E-state index is 13.3. The molecule has 0 radical (unpaired) electrons. The summed E-state index contributed by atoms with van der Waals surface area (Å²) < 4.78 is 39.6. The topological polar surface area (TPSA) is 15.3 Å². The van der Waals surface area contributed by atoms with Gasteiger partial charge in [-0.15, -0.1) is 0 Å². The van der Waals surface area contributed by atoms with Crippen molar-refractivity contribution in [3.63, 3.8) is 0 Å². The second-order valence-electron chi connectivity index (χ2n) is 6.09. The molecule has 2 nitrogen and oxygen atoms in total. The molecule has 1 N–H and O–H groups in total. The Morgan fingerprint density at radius 3 is 2.24 bits per heavy atom. The summed E-state index contributed by atoms with van der Waals surface area (Å²) in [4.78, 5) is 2.20. The van der Waals surface area contributed by atoms with Crippen molar-refractivity contribution in [1.29, 1.82) is 0 Å². The van der Waals surface area contributed by atoms with Crippen molar-refractivity contribution in [2.45, 2.75) is 39.3 Å². The second kappa shape index (κ2) is 7.27. The Labute approximate surface area is 124 Å². The molecule has 1 aromatic carbocycles. The Bertz CT molecular complexity index is 448. The molecular weight excluding hydrogens is 277 g/mol. The molecule has 1 aliphatic rings. The molecule has 1 aromatic rings. The molecule has 0 unspecified atom stereocenters. The van der Waals surface area contributed by atoms with E-state index in [0.29, 0.717) is 18.0 Å². The van der Waals surface area contributed by atoms with E-state index in [1.54, 1.807) is 0 Å². The maximum Gasteiger partial charge on any atom is 0.194 e. The molecule has 1 fully saturated rings. The van der Waals surface area contributed by atoms with E-state index in [0.717, 1.165) is 44.6 Å². The number of benzene rings is 1. The number of hydrogen-bond acceptors (Lipinski definition) is 2. The Balaban J connectivity index is 2.05. The van der Waals surface area contributed by atoms with Crippen molar-refractivity contribution in [3.05, 3.63) is 35.1 Å². The molecule has 1 heterocycles. The fourth-order valence-corrected chi connectivity index (χ4v) is 2.79. The molecule has 0 aliphatic carbocycles. The minimum Gasteiger partial charge on any atom is -0.317 e. The molecule has 0 aromatic heterocycles. The van der Waals surface area contributed by atoms with E-state index in [-0.39, 0.29) is 6.04 Å². The van der Waals surface area contributed by atoms with E-state index in [9.17, 15) is 13.2 Å². The first-order chi connectivity index (χ1) is 9.97. The lowest BCUT2D eigenvalue weighted by Crippen LogP contribution is -2.39. The minimum absolute atomic E-state index is 0.274. The number of rotatable bonds is 5. The number of nitrogens with zero attached hydrogens (tertiary/aromatic N) is 1. The SMILES string of the molecule is CC(C)N(Cc1cc(F)c(F)c(F)c1)CC1CCNCC1. The predicted molar refractivity (Wildman–Crippen MR) is 77.5 cm³/mol. The first kappa shape index (κ1) is 16.3. The Morgan fingerprint density at radius 1 is 1.14 bits per heavy atom. The molecule has 2 rings (SSSR count). The van der Waals surface area contributed by atoms with Crippen molar-refractivity contribution < 1.29 is 13.2 Å². The average Bonchev–Trinajstić information content (AvgIpc) is 2.45. The highest BCUT2D eigenvalue weighted by molar-refractivity contribution is 5.19. The van der Waals surface area contributed by atoms with E-state index in [1.807, 2.05) is 0 Å². The van der Waals surface area contributed by atoms with Crippen LogP contribution >= 0.6 is 0 Å². The van der Waals surface area contributed by atoms with E-state index in [1.165, 1.54) is 0 Å². The van der Waals surface area contributed by atoms with Gasteiger partial charge in [0.25, 0.3) is 0 Å². The summed E-state index contributed by atoms with van der Waals surface area (Å²) >= 11 is 0. The normalized spacial score (nSPS) is 16.9. The molecule has 5 heteroatoms. The van der Waals surface area contributed by atoms with Crippen LogP contribution in [0.15, 0.2) is 12.1 Å². The monoisotopic (exact) mass is 300 g/mol. The average molecular weight is 300 g/mol. The molecule has 0 saturated carbocycles. The summed E-state index contributed by atoms with van der Waals surface area (Å²) in [7, 11) is 0. The molecule has 1 aliphatic heterocycles. The molecule has 0 bridgehead atoms. The summed E-state index contributed by atoms with van der Waals surface area (Å²) in [6, 6.07) is 2.46. The van der Waals surface area contributed by atoms with Crippen LogP contribution in [0.3, 0.4) is 0 Å². The van der Waals surface area contributed by atoms with Gasteiger partial charge in [-0.05, 0) is 63.4 Å². The number of nitrogens with one attached hydrogen (secondary N) is 1. The van der Waals surface area contributed by atoms with Crippen molar-refractivity contribution in [2.75, 3.05) is 19.6 Å². The van der Waals surface area contributed by atoms with Crippen molar-refractivity contribution >= 4 is 0 Å². The van der Waals surface area contributed by atoms with Gasteiger partial charge in [0.15, 0.2) is 17.5 Å². The summed E-state index contributed by atoms with van der Waals surface area (Å²) in [6.45, 7) is 7.52. The first-order valence-electron chi connectivity index (χ1n) is 7.55. The fourth-order valence-electron chi connectivity index (χ4n) is 2.79.